The van der Waals surface area contributed by atoms with Gasteiger partial charge in [0.1, 0.15) is 0 Å². The van der Waals surface area contributed by atoms with Gasteiger partial charge in [0.25, 0.3) is 0 Å². The topological polar surface area (TPSA) is 57.4 Å². The van der Waals surface area contributed by atoms with Crippen LogP contribution in [0.25, 0.3) is 10.9 Å². The van der Waals surface area contributed by atoms with Crippen LogP contribution >= 0.6 is 0 Å². The van der Waals surface area contributed by atoms with Gasteiger partial charge in [0.05, 0.1) is 13.2 Å². The Labute approximate surface area is 148 Å². The predicted molar refractivity (Wildman–Crippen MR) is 98.8 cm³/mol. The summed E-state index contributed by atoms with van der Waals surface area (Å²) in [6.07, 6.45) is 4.49. The van der Waals surface area contributed by atoms with E-state index >= 15 is 0 Å². The van der Waals surface area contributed by atoms with Gasteiger partial charge in [-0.05, 0) is 56.5 Å². The van der Waals surface area contributed by atoms with Gasteiger partial charge in [-0.2, -0.15) is 0 Å². The smallest absolute Gasteiger partial charge is 0.319 e. The molecule has 0 spiro atoms. The number of nitrogens with one attached hydrogen (secondary N) is 2. The molecule has 25 heavy (non-hydrogen) atoms. The van der Waals surface area contributed by atoms with Crippen molar-refractivity contribution >= 4 is 16.9 Å². The summed E-state index contributed by atoms with van der Waals surface area (Å²) < 4.78 is 4.99. The van der Waals surface area contributed by atoms with Crippen LogP contribution in [0.1, 0.15) is 30.4 Å². The molecule has 1 aromatic heterocycles. The average molecular weight is 341 g/mol. The Balaban J connectivity index is 1.48. The number of fused-ring (bicyclic) bond motifs is 2. The highest BCUT2D eigenvalue weighted by atomic mass is 16.5. The Morgan fingerprint density at radius 1 is 1.44 bits per heavy atom. The molecule has 1 aliphatic heterocycles. The molecule has 2 heterocycles. The number of hydrogen-bond donors (Lipinski definition) is 2. The van der Waals surface area contributed by atoms with Crippen LogP contribution < -0.4 is 5.32 Å². The molecule has 2 aliphatic rings. The SMILES string of the molecule is CCOC(=O)CNC[C@@H]1C[C@@H]2c3cccc4[nH]cc(c34)C[C@H]2N(C)C1. The largest absolute Gasteiger partial charge is 0.465 e. The second-order valence-electron chi connectivity index (χ2n) is 7.44. The maximum absolute atomic E-state index is 11.5. The lowest BCUT2D eigenvalue weighted by Gasteiger charge is -2.45. The number of carbonyl (C=O) groups is 1. The quantitative estimate of drug-likeness (QED) is 0.819. The van der Waals surface area contributed by atoms with E-state index in [1.54, 1.807) is 0 Å². The minimum absolute atomic E-state index is 0.163. The Kier molecular flexibility index (Phi) is 4.52. The first-order chi connectivity index (χ1) is 12.2. The van der Waals surface area contributed by atoms with Crippen LogP contribution in [0.2, 0.25) is 0 Å². The number of H-pyrrole nitrogens is 1. The third kappa shape index (κ3) is 3.07. The third-order valence-corrected chi connectivity index (χ3v) is 5.82. The van der Waals surface area contributed by atoms with Crippen LogP contribution in [0, 0.1) is 5.92 Å². The molecule has 2 N–H and O–H groups in total. The van der Waals surface area contributed by atoms with E-state index in [-0.39, 0.29) is 5.97 Å². The molecule has 0 radical (unpaired) electrons. The second-order valence-corrected chi connectivity index (χ2v) is 7.44. The summed E-state index contributed by atoms with van der Waals surface area (Å²) in [7, 11) is 2.24. The summed E-state index contributed by atoms with van der Waals surface area (Å²) in [5, 5.41) is 4.73. The summed E-state index contributed by atoms with van der Waals surface area (Å²) in [5.41, 5.74) is 4.21. The Bertz CT molecular complexity index is 769. The zero-order valence-electron chi connectivity index (χ0n) is 15.0. The van der Waals surface area contributed by atoms with Crippen molar-refractivity contribution in [1.82, 2.24) is 15.2 Å². The van der Waals surface area contributed by atoms with E-state index in [1.807, 2.05) is 6.92 Å². The number of carbonyl (C=O) groups excluding carboxylic acids is 1. The second kappa shape index (κ2) is 6.81. The Hall–Kier alpha value is -1.85. The van der Waals surface area contributed by atoms with Crippen molar-refractivity contribution in [2.75, 3.05) is 33.3 Å². The molecule has 2 aromatic rings. The van der Waals surface area contributed by atoms with E-state index in [1.165, 1.54) is 28.5 Å². The fourth-order valence-corrected chi connectivity index (χ4v) is 4.79. The number of aromatic amines is 1. The highest BCUT2D eigenvalue weighted by Crippen LogP contribution is 2.44. The van der Waals surface area contributed by atoms with Crippen molar-refractivity contribution in [1.29, 1.82) is 0 Å². The van der Waals surface area contributed by atoms with Crippen molar-refractivity contribution in [2.24, 2.45) is 5.92 Å². The number of piperidine rings is 1. The van der Waals surface area contributed by atoms with E-state index in [0.29, 0.717) is 31.0 Å². The molecule has 1 aliphatic carbocycles. The van der Waals surface area contributed by atoms with Gasteiger partial charge in [0, 0.05) is 35.6 Å². The first kappa shape index (κ1) is 16.6. The molecule has 1 aromatic carbocycles. The van der Waals surface area contributed by atoms with E-state index in [4.69, 9.17) is 4.74 Å². The van der Waals surface area contributed by atoms with Gasteiger partial charge >= 0.3 is 5.97 Å². The van der Waals surface area contributed by atoms with Crippen LogP contribution in [0.4, 0.5) is 0 Å². The van der Waals surface area contributed by atoms with E-state index in [0.717, 1.165) is 19.5 Å². The summed E-state index contributed by atoms with van der Waals surface area (Å²) in [6.45, 7) is 4.53. The van der Waals surface area contributed by atoms with Crippen molar-refractivity contribution in [3.05, 3.63) is 35.5 Å². The van der Waals surface area contributed by atoms with Gasteiger partial charge in [-0.3, -0.25) is 4.79 Å². The molecule has 5 nitrogen and oxygen atoms in total. The zero-order valence-corrected chi connectivity index (χ0v) is 15.0. The van der Waals surface area contributed by atoms with Crippen LogP contribution in [-0.2, 0) is 16.0 Å². The molecule has 0 saturated carbocycles. The number of likely N-dealkylation sites (tertiary alicyclic amines) is 1. The zero-order chi connectivity index (χ0) is 17.4. The molecule has 134 valence electrons. The lowest BCUT2D eigenvalue weighted by Crippen LogP contribution is -2.50. The van der Waals surface area contributed by atoms with Crippen LogP contribution in [-0.4, -0.2) is 55.2 Å². The molecular weight excluding hydrogens is 314 g/mol. The number of esters is 1. The molecular formula is C20H27N3O2. The molecule has 4 rings (SSSR count). The van der Waals surface area contributed by atoms with Crippen molar-refractivity contribution in [3.8, 4) is 0 Å². The normalized spacial score (nSPS) is 25.8. The first-order valence-corrected chi connectivity index (χ1v) is 9.32. The molecule has 0 unspecified atom stereocenters. The van der Waals surface area contributed by atoms with E-state index in [2.05, 4.69) is 46.6 Å². The minimum atomic E-state index is -0.163. The first-order valence-electron chi connectivity index (χ1n) is 9.32. The maximum Gasteiger partial charge on any atom is 0.319 e. The van der Waals surface area contributed by atoms with E-state index < -0.39 is 0 Å². The highest BCUT2D eigenvalue weighted by molar-refractivity contribution is 5.88. The fraction of sp³-hybridized carbons (Fsp3) is 0.550. The number of hydrogen-bond acceptors (Lipinski definition) is 4. The van der Waals surface area contributed by atoms with Crippen molar-refractivity contribution in [3.63, 3.8) is 0 Å². The molecule has 5 heteroatoms. The maximum atomic E-state index is 11.5. The van der Waals surface area contributed by atoms with Crippen LogP contribution in [0.5, 0.6) is 0 Å². The summed E-state index contributed by atoms with van der Waals surface area (Å²) in [5.74, 6) is 0.959. The van der Waals surface area contributed by atoms with E-state index in [9.17, 15) is 4.79 Å². The lowest BCUT2D eigenvalue weighted by molar-refractivity contribution is -0.142. The summed E-state index contributed by atoms with van der Waals surface area (Å²) >= 11 is 0. The molecule has 0 bridgehead atoms. The average Bonchev–Trinajstić information content (AvgIpc) is 3.01. The van der Waals surface area contributed by atoms with Gasteiger partial charge in [0.15, 0.2) is 0 Å². The van der Waals surface area contributed by atoms with Crippen molar-refractivity contribution < 1.29 is 9.53 Å². The van der Waals surface area contributed by atoms with Gasteiger partial charge in [-0.1, -0.05) is 12.1 Å². The van der Waals surface area contributed by atoms with Crippen LogP contribution in [0.3, 0.4) is 0 Å². The Morgan fingerprint density at radius 2 is 2.32 bits per heavy atom. The Morgan fingerprint density at radius 3 is 3.16 bits per heavy atom. The van der Waals surface area contributed by atoms with Gasteiger partial charge < -0.3 is 19.9 Å². The van der Waals surface area contributed by atoms with Gasteiger partial charge in [-0.15, -0.1) is 0 Å². The summed E-state index contributed by atoms with van der Waals surface area (Å²) in [4.78, 5) is 17.5. The lowest BCUT2D eigenvalue weighted by atomic mass is 9.72. The minimum Gasteiger partial charge on any atom is -0.465 e. The summed E-state index contributed by atoms with van der Waals surface area (Å²) in [6, 6.07) is 7.23. The number of nitrogens with zero attached hydrogens (tertiary/aromatic N) is 1. The number of benzene rings is 1. The van der Waals surface area contributed by atoms with Crippen molar-refractivity contribution in [2.45, 2.75) is 31.7 Å². The number of likely N-dealkylation sites (N-methyl/N-ethyl adjacent to an activating group) is 1. The number of rotatable bonds is 5. The molecule has 3 atom stereocenters. The third-order valence-electron chi connectivity index (χ3n) is 5.82. The molecule has 1 fully saturated rings. The molecule has 1 saturated heterocycles. The highest BCUT2D eigenvalue weighted by Gasteiger charge is 2.39. The molecule has 0 amide bonds. The number of ether oxygens (including phenoxy) is 1. The standard InChI is InChI=1S/C20H27N3O2/c1-3-25-19(24)11-21-9-13-7-16-15-5-4-6-17-20(15)14(10-22-17)8-18(16)23(2)12-13/h4-6,10,13,16,18,21-22H,3,7-9,11-12H2,1-2H3/t13-,16+,18+/m0/s1. The number of aromatic nitrogens is 1. The predicted octanol–water partition coefficient (Wildman–Crippen LogP) is 2.28. The monoisotopic (exact) mass is 341 g/mol. The fourth-order valence-electron chi connectivity index (χ4n) is 4.79. The van der Waals surface area contributed by atoms with Gasteiger partial charge in [-0.25, -0.2) is 0 Å². The van der Waals surface area contributed by atoms with Gasteiger partial charge in [0.2, 0.25) is 0 Å². The van der Waals surface area contributed by atoms with Crippen LogP contribution in [0.15, 0.2) is 24.4 Å².